The lowest BCUT2D eigenvalue weighted by atomic mass is 10.1. The van der Waals surface area contributed by atoms with Crippen molar-refractivity contribution >= 4 is 16.3 Å². The summed E-state index contributed by atoms with van der Waals surface area (Å²) in [4.78, 5) is 9.93. The van der Waals surface area contributed by atoms with Crippen molar-refractivity contribution in [3.8, 4) is 0 Å². The Morgan fingerprint density at radius 2 is 2.42 bits per heavy atom. The van der Waals surface area contributed by atoms with E-state index in [1.54, 1.807) is 11.3 Å². The first-order chi connectivity index (χ1) is 9.38. The van der Waals surface area contributed by atoms with Crippen molar-refractivity contribution in [1.29, 1.82) is 0 Å². The first-order valence-corrected chi connectivity index (χ1v) is 7.08. The summed E-state index contributed by atoms with van der Waals surface area (Å²) < 4.78 is 12.6. The largest absolute Gasteiger partial charge is 0.381 e. The quantitative estimate of drug-likeness (QED) is 0.730. The van der Waals surface area contributed by atoms with Crippen molar-refractivity contribution in [3.05, 3.63) is 35.2 Å². The van der Waals surface area contributed by atoms with Gasteiger partial charge >= 0.3 is 0 Å². The van der Waals surface area contributed by atoms with Crippen LogP contribution >= 0.6 is 11.3 Å². The maximum absolute atomic E-state index is 5.33. The van der Waals surface area contributed by atoms with Crippen LogP contribution < -0.4 is 0 Å². The molecule has 0 spiro atoms. The minimum Gasteiger partial charge on any atom is -0.381 e. The van der Waals surface area contributed by atoms with E-state index in [0.29, 0.717) is 18.9 Å². The molecule has 4 heterocycles. The number of fused-ring (bicyclic) bond motifs is 1. The fourth-order valence-corrected chi connectivity index (χ4v) is 2.98. The fourth-order valence-electron chi connectivity index (χ4n) is 2.26. The Hall–Kier alpha value is -1.73. The minimum absolute atomic E-state index is 0.281. The molecule has 7 heteroatoms. The Bertz CT molecular complexity index is 667. The van der Waals surface area contributed by atoms with Crippen LogP contribution in [0.15, 0.2) is 22.3 Å². The minimum atomic E-state index is 0.281. The summed E-state index contributed by atoms with van der Waals surface area (Å²) in [5.74, 6) is 1.66. The van der Waals surface area contributed by atoms with Crippen LogP contribution in [-0.4, -0.2) is 32.7 Å². The SMILES string of the molecule is c1cn2cc(Cc3nc([C@H]4CCOC4)no3)nc2s1. The first-order valence-electron chi connectivity index (χ1n) is 6.20. The van der Waals surface area contributed by atoms with E-state index in [9.17, 15) is 0 Å². The summed E-state index contributed by atoms with van der Waals surface area (Å²) in [6, 6.07) is 0. The van der Waals surface area contributed by atoms with Gasteiger partial charge in [-0.15, -0.1) is 11.3 Å². The third-order valence-electron chi connectivity index (χ3n) is 3.25. The molecule has 1 saturated heterocycles. The monoisotopic (exact) mass is 276 g/mol. The van der Waals surface area contributed by atoms with E-state index in [2.05, 4.69) is 15.1 Å². The van der Waals surface area contributed by atoms with Crippen LogP contribution in [0.4, 0.5) is 0 Å². The Balaban J connectivity index is 1.54. The second-order valence-electron chi connectivity index (χ2n) is 4.61. The molecular formula is C12H12N4O2S. The molecule has 3 aromatic heterocycles. The van der Waals surface area contributed by atoms with Gasteiger partial charge in [0.25, 0.3) is 0 Å². The molecule has 0 saturated carbocycles. The number of hydrogen-bond donors (Lipinski definition) is 0. The van der Waals surface area contributed by atoms with Gasteiger partial charge in [0.05, 0.1) is 18.7 Å². The summed E-state index contributed by atoms with van der Waals surface area (Å²) in [5, 5.41) is 6.05. The maximum Gasteiger partial charge on any atom is 0.232 e. The Morgan fingerprint density at radius 1 is 1.42 bits per heavy atom. The van der Waals surface area contributed by atoms with Crippen LogP contribution in [0.1, 0.15) is 29.7 Å². The lowest BCUT2D eigenvalue weighted by Gasteiger charge is -1.97. The zero-order chi connectivity index (χ0) is 12.7. The van der Waals surface area contributed by atoms with Gasteiger partial charge in [-0.25, -0.2) is 4.98 Å². The number of hydrogen-bond acceptors (Lipinski definition) is 6. The first kappa shape index (κ1) is 11.1. The zero-order valence-corrected chi connectivity index (χ0v) is 11.0. The highest BCUT2D eigenvalue weighted by atomic mass is 32.1. The normalized spacial score (nSPS) is 19.5. The van der Waals surface area contributed by atoms with Crippen molar-refractivity contribution in [1.82, 2.24) is 19.5 Å². The van der Waals surface area contributed by atoms with Gasteiger partial charge in [0, 0.05) is 30.3 Å². The molecule has 3 aromatic rings. The summed E-state index contributed by atoms with van der Waals surface area (Å²) in [5.41, 5.74) is 0.949. The third-order valence-corrected chi connectivity index (χ3v) is 4.02. The van der Waals surface area contributed by atoms with Gasteiger partial charge in [-0.1, -0.05) is 5.16 Å². The average molecular weight is 276 g/mol. The Kier molecular flexibility index (Phi) is 2.59. The molecule has 0 bridgehead atoms. The smallest absolute Gasteiger partial charge is 0.232 e. The Labute approximate surface area is 113 Å². The molecule has 0 unspecified atom stereocenters. The van der Waals surface area contributed by atoms with E-state index in [1.165, 1.54) is 0 Å². The number of rotatable bonds is 3. The fraction of sp³-hybridized carbons (Fsp3) is 0.417. The van der Waals surface area contributed by atoms with Crippen molar-refractivity contribution in [2.75, 3.05) is 13.2 Å². The topological polar surface area (TPSA) is 65.5 Å². The molecule has 0 amide bonds. The summed E-state index contributed by atoms with van der Waals surface area (Å²) >= 11 is 1.61. The van der Waals surface area contributed by atoms with Gasteiger partial charge < -0.3 is 9.26 Å². The van der Waals surface area contributed by atoms with Gasteiger partial charge in [-0.05, 0) is 6.42 Å². The second-order valence-corrected chi connectivity index (χ2v) is 5.48. The highest BCUT2D eigenvalue weighted by molar-refractivity contribution is 7.15. The number of thiazole rings is 1. The van der Waals surface area contributed by atoms with Gasteiger partial charge in [0.2, 0.25) is 5.89 Å². The molecule has 1 aliphatic heterocycles. The molecule has 1 aliphatic rings. The van der Waals surface area contributed by atoms with E-state index in [0.717, 1.165) is 29.5 Å². The van der Waals surface area contributed by atoms with Crippen LogP contribution in [0.3, 0.4) is 0 Å². The van der Waals surface area contributed by atoms with E-state index < -0.39 is 0 Å². The summed E-state index contributed by atoms with van der Waals surface area (Å²) in [7, 11) is 0. The average Bonchev–Trinajstić information content (AvgIpc) is 3.12. The van der Waals surface area contributed by atoms with Crippen LogP contribution in [-0.2, 0) is 11.2 Å². The van der Waals surface area contributed by atoms with Gasteiger partial charge in [-0.2, -0.15) is 4.98 Å². The van der Waals surface area contributed by atoms with Crippen molar-refractivity contribution in [2.45, 2.75) is 18.8 Å². The van der Waals surface area contributed by atoms with E-state index >= 15 is 0 Å². The molecule has 0 radical (unpaired) electrons. The molecule has 6 nitrogen and oxygen atoms in total. The molecule has 1 atom stereocenters. The molecule has 1 fully saturated rings. The second kappa shape index (κ2) is 4.43. The van der Waals surface area contributed by atoms with E-state index in [-0.39, 0.29) is 5.92 Å². The highest BCUT2D eigenvalue weighted by Gasteiger charge is 2.23. The van der Waals surface area contributed by atoms with Crippen molar-refractivity contribution in [3.63, 3.8) is 0 Å². The standard InChI is InChI=1S/C12H12N4O2S/c1-3-17-7-8(1)11-14-10(18-15-11)5-9-6-16-2-4-19-12(16)13-9/h2,4,6,8H,1,3,5,7H2/t8-/m0/s1. The maximum atomic E-state index is 5.33. The van der Waals surface area contributed by atoms with E-state index in [1.807, 2.05) is 22.2 Å². The van der Waals surface area contributed by atoms with Gasteiger partial charge in [0.15, 0.2) is 10.8 Å². The predicted octanol–water partition coefficient (Wildman–Crippen LogP) is 1.87. The van der Waals surface area contributed by atoms with Crippen LogP contribution in [0, 0.1) is 0 Å². The molecule has 98 valence electrons. The Morgan fingerprint density at radius 3 is 3.26 bits per heavy atom. The van der Waals surface area contributed by atoms with Crippen molar-refractivity contribution < 1.29 is 9.26 Å². The molecule has 19 heavy (non-hydrogen) atoms. The number of aromatic nitrogens is 4. The molecule has 0 aliphatic carbocycles. The highest BCUT2D eigenvalue weighted by Crippen LogP contribution is 2.23. The van der Waals surface area contributed by atoms with Crippen LogP contribution in [0.5, 0.6) is 0 Å². The summed E-state index contributed by atoms with van der Waals surface area (Å²) in [6.45, 7) is 1.48. The predicted molar refractivity (Wildman–Crippen MR) is 68.4 cm³/mol. The molecule has 0 N–H and O–H groups in total. The number of nitrogens with zero attached hydrogens (tertiary/aromatic N) is 4. The molecule has 4 rings (SSSR count). The number of ether oxygens (including phenoxy) is 1. The van der Waals surface area contributed by atoms with Gasteiger partial charge in [0.1, 0.15) is 0 Å². The summed E-state index contributed by atoms with van der Waals surface area (Å²) in [6.07, 6.45) is 5.54. The van der Waals surface area contributed by atoms with Gasteiger partial charge in [-0.3, -0.25) is 4.40 Å². The number of imidazole rings is 1. The van der Waals surface area contributed by atoms with E-state index in [4.69, 9.17) is 9.26 Å². The lowest BCUT2D eigenvalue weighted by molar-refractivity contribution is 0.192. The lowest BCUT2D eigenvalue weighted by Crippen LogP contribution is -2.00. The molecule has 0 aromatic carbocycles. The van der Waals surface area contributed by atoms with Crippen LogP contribution in [0.2, 0.25) is 0 Å². The molecular weight excluding hydrogens is 264 g/mol. The van der Waals surface area contributed by atoms with Crippen LogP contribution in [0.25, 0.3) is 4.96 Å². The van der Waals surface area contributed by atoms with Crippen molar-refractivity contribution in [2.24, 2.45) is 0 Å². The zero-order valence-electron chi connectivity index (χ0n) is 10.2. The third kappa shape index (κ3) is 2.04.